The number of hydrogen-bond acceptors (Lipinski definition) is 1. The van der Waals surface area contributed by atoms with Gasteiger partial charge in [0.1, 0.15) is 0 Å². The molecule has 0 heterocycles. The maximum absolute atomic E-state index is 8.33. The number of unbranched alkanes of at least 4 members (excludes halogenated alkanes) is 1. The molecule has 0 rings (SSSR count). The van der Waals surface area contributed by atoms with Crippen molar-refractivity contribution >= 4 is 40.2 Å². The van der Waals surface area contributed by atoms with Crippen molar-refractivity contribution in [1.82, 2.24) is 0 Å². The van der Waals surface area contributed by atoms with Gasteiger partial charge in [0, 0.05) is 0 Å². The molecule has 0 bridgehead atoms. The van der Waals surface area contributed by atoms with E-state index in [9.17, 15) is 0 Å². The molecule has 0 radical (unpaired) electrons. The second-order valence-electron chi connectivity index (χ2n) is 1.19. The molecule has 0 spiro atoms. The van der Waals surface area contributed by atoms with Gasteiger partial charge in [-0.3, -0.25) is 0 Å². The first-order valence-corrected chi connectivity index (χ1v) is 4.87. The Labute approximate surface area is 67.7 Å². The first-order chi connectivity index (χ1) is 2.91. The second kappa shape index (κ2) is 10.4. The van der Waals surface area contributed by atoms with E-state index in [0.717, 1.165) is 4.47 Å². The van der Waals surface area contributed by atoms with Crippen molar-refractivity contribution in [3.8, 4) is 0 Å². The summed E-state index contributed by atoms with van der Waals surface area (Å²) in [6.45, 7) is 2.14. The van der Waals surface area contributed by atoms with Gasteiger partial charge in [0.05, 0.1) is 0 Å². The molecule has 0 aliphatic heterocycles. The molecular weight excluding hydrogens is 199 g/mol. The molecule has 7 heavy (non-hydrogen) atoms. The topological polar surface area (TPSA) is 20.2 Å². The number of hydrogen-bond donors (Lipinski definition) is 1. The molecular formula is C4H11LiOTe. The van der Waals surface area contributed by atoms with Crippen molar-refractivity contribution in [2.75, 3.05) is 0 Å². The minimum absolute atomic E-state index is 0. The van der Waals surface area contributed by atoms with E-state index in [2.05, 4.69) is 6.92 Å². The summed E-state index contributed by atoms with van der Waals surface area (Å²) in [5, 5.41) is 0. The van der Waals surface area contributed by atoms with Gasteiger partial charge in [-0.1, -0.05) is 0 Å². The van der Waals surface area contributed by atoms with Crippen molar-refractivity contribution in [2.45, 2.75) is 24.2 Å². The number of rotatable bonds is 3. The fourth-order valence-electron chi connectivity index (χ4n) is 0.209. The Morgan fingerprint density at radius 3 is 2.29 bits per heavy atom. The Kier molecular flexibility index (Phi) is 16.5. The van der Waals surface area contributed by atoms with Crippen molar-refractivity contribution < 1.29 is 3.47 Å². The molecule has 0 aliphatic carbocycles. The van der Waals surface area contributed by atoms with Gasteiger partial charge in [0.15, 0.2) is 0 Å². The third-order valence-electron chi connectivity index (χ3n) is 0.589. The van der Waals surface area contributed by atoms with E-state index in [4.69, 9.17) is 3.47 Å². The van der Waals surface area contributed by atoms with Crippen LogP contribution >= 0.6 is 0 Å². The van der Waals surface area contributed by atoms with Crippen LogP contribution in [0.4, 0.5) is 0 Å². The summed E-state index contributed by atoms with van der Waals surface area (Å²) in [4.78, 5) is 0. The third kappa shape index (κ3) is 11.1. The Morgan fingerprint density at radius 1 is 1.57 bits per heavy atom. The minimum atomic E-state index is -0.536. The SMILES string of the molecule is CCCC[Te]O.[LiH]. The summed E-state index contributed by atoms with van der Waals surface area (Å²) in [5.74, 6) is 0. The van der Waals surface area contributed by atoms with E-state index in [0.29, 0.717) is 0 Å². The summed E-state index contributed by atoms with van der Waals surface area (Å²) >= 11 is -0.536. The molecule has 0 aromatic heterocycles. The van der Waals surface area contributed by atoms with Crippen LogP contribution in [0.15, 0.2) is 0 Å². The fraction of sp³-hybridized carbons (Fsp3) is 1.00. The molecule has 0 amide bonds. The van der Waals surface area contributed by atoms with E-state index < -0.39 is 21.3 Å². The van der Waals surface area contributed by atoms with Crippen LogP contribution in [0.5, 0.6) is 0 Å². The van der Waals surface area contributed by atoms with Crippen LogP contribution in [0.3, 0.4) is 0 Å². The van der Waals surface area contributed by atoms with Crippen LogP contribution in [-0.4, -0.2) is 43.7 Å². The van der Waals surface area contributed by atoms with Gasteiger partial charge < -0.3 is 0 Å². The van der Waals surface area contributed by atoms with Gasteiger partial charge in [0.25, 0.3) is 0 Å². The third-order valence-corrected chi connectivity index (χ3v) is 1.93. The summed E-state index contributed by atoms with van der Waals surface area (Å²) in [5.41, 5.74) is 0. The first-order valence-electron chi connectivity index (χ1n) is 2.18. The summed E-state index contributed by atoms with van der Waals surface area (Å²) in [6.07, 6.45) is 2.45. The van der Waals surface area contributed by atoms with E-state index in [-0.39, 0.29) is 18.9 Å². The van der Waals surface area contributed by atoms with Crippen LogP contribution in [-0.2, 0) is 0 Å². The molecule has 0 fully saturated rings. The van der Waals surface area contributed by atoms with Crippen molar-refractivity contribution in [2.24, 2.45) is 0 Å². The maximum atomic E-state index is 8.33. The average molecular weight is 210 g/mol. The first kappa shape index (κ1) is 11.2. The van der Waals surface area contributed by atoms with E-state index in [1.807, 2.05) is 0 Å². The van der Waals surface area contributed by atoms with Gasteiger partial charge in [0.2, 0.25) is 0 Å². The molecule has 0 atom stereocenters. The molecule has 0 unspecified atom stereocenters. The zero-order valence-corrected chi connectivity index (χ0v) is 6.31. The Bertz CT molecular complexity index is 23.7. The molecule has 0 aliphatic rings. The summed E-state index contributed by atoms with van der Waals surface area (Å²) < 4.78 is 9.43. The normalized spacial score (nSPS) is 7.71. The predicted molar refractivity (Wildman–Crippen MR) is 34.8 cm³/mol. The molecule has 40 valence electrons. The Balaban J connectivity index is 0. The van der Waals surface area contributed by atoms with Crippen LogP contribution < -0.4 is 0 Å². The van der Waals surface area contributed by atoms with Gasteiger partial charge in [-0.2, -0.15) is 0 Å². The molecule has 1 N–H and O–H groups in total. The van der Waals surface area contributed by atoms with Gasteiger partial charge >= 0.3 is 67.9 Å². The molecule has 0 saturated carbocycles. The van der Waals surface area contributed by atoms with E-state index in [1.165, 1.54) is 12.8 Å². The summed E-state index contributed by atoms with van der Waals surface area (Å²) in [6, 6.07) is 0. The van der Waals surface area contributed by atoms with Crippen molar-refractivity contribution in [3.63, 3.8) is 0 Å². The average Bonchev–Trinajstić information content (AvgIpc) is 1.61. The van der Waals surface area contributed by atoms with Crippen LogP contribution in [0.2, 0.25) is 4.47 Å². The Hall–Kier alpha value is 1.35. The van der Waals surface area contributed by atoms with Crippen LogP contribution in [0, 0.1) is 0 Å². The molecule has 0 aromatic carbocycles. The monoisotopic (exact) mass is 212 g/mol. The molecule has 1 nitrogen and oxygen atoms in total. The van der Waals surface area contributed by atoms with Crippen molar-refractivity contribution in [1.29, 1.82) is 0 Å². The zero-order valence-electron chi connectivity index (χ0n) is 3.98. The predicted octanol–water partition coefficient (Wildman–Crippen LogP) is 0.168. The second-order valence-corrected chi connectivity index (χ2v) is 3.09. The molecule has 0 saturated heterocycles. The van der Waals surface area contributed by atoms with Gasteiger partial charge in [-0.05, 0) is 0 Å². The molecule has 3 heteroatoms. The zero-order chi connectivity index (χ0) is 4.83. The van der Waals surface area contributed by atoms with E-state index >= 15 is 0 Å². The van der Waals surface area contributed by atoms with Crippen LogP contribution in [0.25, 0.3) is 0 Å². The van der Waals surface area contributed by atoms with Crippen molar-refractivity contribution in [3.05, 3.63) is 0 Å². The fourth-order valence-corrected chi connectivity index (χ4v) is 1.40. The quantitative estimate of drug-likeness (QED) is 0.519. The van der Waals surface area contributed by atoms with Gasteiger partial charge in [-0.15, -0.1) is 0 Å². The van der Waals surface area contributed by atoms with E-state index in [1.54, 1.807) is 0 Å². The summed E-state index contributed by atoms with van der Waals surface area (Å²) in [7, 11) is 0. The Morgan fingerprint density at radius 2 is 2.14 bits per heavy atom. The van der Waals surface area contributed by atoms with Gasteiger partial charge in [-0.25, -0.2) is 0 Å². The van der Waals surface area contributed by atoms with Crippen LogP contribution in [0.1, 0.15) is 19.8 Å². The standard InChI is InChI=1S/C4H10OTe.Li.H/c1-2-3-4-6-5;;/h5H,2-4H2,1H3;;. The molecule has 0 aromatic rings.